The molecule has 8 nitrogen and oxygen atoms in total. The quantitative estimate of drug-likeness (QED) is 0.503. The molecule has 0 saturated carbocycles. The van der Waals surface area contributed by atoms with Crippen LogP contribution >= 0.6 is 0 Å². The highest BCUT2D eigenvalue weighted by Crippen LogP contribution is 2.41. The van der Waals surface area contributed by atoms with Crippen LogP contribution in [0, 0.1) is 0 Å². The highest BCUT2D eigenvalue weighted by Gasteiger charge is 2.49. The molecule has 2 fully saturated rings. The van der Waals surface area contributed by atoms with Crippen molar-refractivity contribution in [2.75, 3.05) is 0 Å². The van der Waals surface area contributed by atoms with Crippen LogP contribution in [0.4, 0.5) is 0 Å². The summed E-state index contributed by atoms with van der Waals surface area (Å²) in [5.74, 6) is -1.20. The second kappa shape index (κ2) is 10.0. The van der Waals surface area contributed by atoms with Crippen molar-refractivity contribution in [1.82, 2.24) is 9.80 Å². The number of nitrogens with zero attached hydrogens (tertiary/aromatic N) is 2. The number of benzene rings is 1. The summed E-state index contributed by atoms with van der Waals surface area (Å²) in [5, 5.41) is 0. The zero-order valence-corrected chi connectivity index (χ0v) is 24.6. The van der Waals surface area contributed by atoms with Gasteiger partial charge in [-0.2, -0.15) is 0 Å². The van der Waals surface area contributed by atoms with Crippen molar-refractivity contribution in [1.29, 1.82) is 0 Å². The van der Waals surface area contributed by atoms with Crippen LogP contribution in [-0.2, 0) is 19.1 Å². The predicted octanol–water partition coefficient (Wildman–Crippen LogP) is 5.14. The highest BCUT2D eigenvalue weighted by molar-refractivity contribution is 6.03. The minimum Gasteiger partial charge on any atom is -0.459 e. The summed E-state index contributed by atoms with van der Waals surface area (Å²) in [6.07, 6.45) is 1.15. The Kier molecular flexibility index (Phi) is 7.81. The van der Waals surface area contributed by atoms with E-state index in [2.05, 4.69) is 0 Å². The third-order valence-electron chi connectivity index (χ3n) is 7.87. The molecule has 2 aliphatic rings. The van der Waals surface area contributed by atoms with Crippen molar-refractivity contribution < 1.29 is 28.7 Å². The number of hydrogen-bond acceptors (Lipinski definition) is 6. The van der Waals surface area contributed by atoms with E-state index in [4.69, 9.17) is 9.47 Å². The molecule has 0 spiro atoms. The fourth-order valence-corrected chi connectivity index (χ4v) is 7.52. The van der Waals surface area contributed by atoms with Crippen LogP contribution in [0.25, 0.3) is 0 Å². The molecule has 210 valence electrons. The zero-order chi connectivity index (χ0) is 28.8. The minimum absolute atomic E-state index is 0.0154. The van der Waals surface area contributed by atoms with Gasteiger partial charge >= 0.3 is 11.9 Å². The van der Waals surface area contributed by atoms with E-state index >= 15 is 0 Å². The minimum atomic E-state index is -0.586. The van der Waals surface area contributed by atoms with Gasteiger partial charge in [-0.05, 0) is 67.5 Å². The van der Waals surface area contributed by atoms with Crippen LogP contribution in [-0.4, -0.2) is 67.9 Å². The summed E-state index contributed by atoms with van der Waals surface area (Å²) in [5.41, 5.74) is -1.67. The maximum absolute atomic E-state index is 13.3. The lowest BCUT2D eigenvalue weighted by Crippen LogP contribution is -2.63. The molecule has 1 aromatic rings. The number of carbonyl (C=O) groups excluding carboxylic acids is 4. The van der Waals surface area contributed by atoms with Crippen molar-refractivity contribution in [3.63, 3.8) is 0 Å². The predicted molar refractivity (Wildman–Crippen MR) is 145 cm³/mol. The van der Waals surface area contributed by atoms with Crippen LogP contribution in [0.15, 0.2) is 24.3 Å². The number of piperidine rings is 2. The van der Waals surface area contributed by atoms with E-state index in [1.54, 1.807) is 38.1 Å². The Morgan fingerprint density at radius 1 is 0.605 bits per heavy atom. The molecule has 0 aliphatic carbocycles. The molecule has 2 saturated heterocycles. The van der Waals surface area contributed by atoms with E-state index in [1.807, 2.05) is 65.2 Å². The summed E-state index contributed by atoms with van der Waals surface area (Å²) < 4.78 is 11.9. The van der Waals surface area contributed by atoms with E-state index < -0.39 is 46.3 Å². The first-order valence-electron chi connectivity index (χ1n) is 13.4. The average Bonchev–Trinajstić information content (AvgIpc) is 2.68. The van der Waals surface area contributed by atoms with Gasteiger partial charge in [-0.3, -0.25) is 9.59 Å². The Morgan fingerprint density at radius 2 is 0.868 bits per heavy atom. The van der Waals surface area contributed by atoms with Crippen LogP contribution in [0.1, 0.15) is 116 Å². The Morgan fingerprint density at radius 3 is 1.11 bits per heavy atom. The van der Waals surface area contributed by atoms with Gasteiger partial charge in [0.1, 0.15) is 12.2 Å². The number of rotatable bonds is 4. The summed E-state index contributed by atoms with van der Waals surface area (Å²) >= 11 is 0. The number of likely N-dealkylation sites (tertiary alicyclic amines) is 2. The fraction of sp³-hybridized carbons (Fsp3) is 0.667. The summed E-state index contributed by atoms with van der Waals surface area (Å²) in [7, 11) is 0. The van der Waals surface area contributed by atoms with Crippen LogP contribution < -0.4 is 0 Å². The third kappa shape index (κ3) is 5.89. The van der Waals surface area contributed by atoms with E-state index in [-0.39, 0.29) is 22.9 Å². The monoisotopic (exact) mass is 528 g/mol. The molecular weight excluding hydrogens is 484 g/mol. The van der Waals surface area contributed by atoms with Gasteiger partial charge < -0.3 is 19.3 Å². The Balaban J connectivity index is 1.78. The lowest BCUT2D eigenvalue weighted by atomic mass is 9.78. The standard InChI is InChI=1S/C30H44N2O6/c1-19(33)31-27(3,4)15-21(16-28(31,5)6)37-25(35)23-13-11-12-14-24(23)26(36)38-22-17-29(7,8)32(20(2)34)30(9,10)18-22/h11-14,21-22H,15-18H2,1-10H3. The van der Waals surface area contributed by atoms with E-state index in [0.717, 1.165) is 0 Å². The Hall–Kier alpha value is -2.90. The SMILES string of the molecule is CC(=O)N1C(C)(C)CC(OC(=O)c2ccccc2C(=O)OC2CC(C)(C)N(C(C)=O)C(C)(C)C2)CC1(C)C. The van der Waals surface area contributed by atoms with Crippen molar-refractivity contribution >= 4 is 23.8 Å². The first kappa shape index (κ1) is 29.7. The van der Waals surface area contributed by atoms with E-state index in [0.29, 0.717) is 25.7 Å². The molecule has 38 heavy (non-hydrogen) atoms. The molecule has 1 aromatic carbocycles. The van der Waals surface area contributed by atoms with E-state index in [1.165, 1.54) is 0 Å². The second-order valence-corrected chi connectivity index (χ2v) is 13.4. The molecular formula is C30H44N2O6. The molecule has 0 N–H and O–H groups in total. The van der Waals surface area contributed by atoms with Gasteiger partial charge in [-0.15, -0.1) is 0 Å². The molecule has 0 bridgehead atoms. The van der Waals surface area contributed by atoms with Gasteiger partial charge in [0.15, 0.2) is 0 Å². The summed E-state index contributed by atoms with van der Waals surface area (Å²) in [6, 6.07) is 6.53. The van der Waals surface area contributed by atoms with Crippen LogP contribution in [0.2, 0.25) is 0 Å². The number of ether oxygens (including phenoxy) is 2. The molecule has 0 radical (unpaired) electrons. The molecule has 2 amide bonds. The van der Waals surface area contributed by atoms with Crippen molar-refractivity contribution in [3.8, 4) is 0 Å². The topological polar surface area (TPSA) is 93.2 Å². The first-order chi connectivity index (χ1) is 17.3. The maximum Gasteiger partial charge on any atom is 0.339 e. The number of hydrogen-bond donors (Lipinski definition) is 0. The molecule has 8 heteroatoms. The smallest absolute Gasteiger partial charge is 0.339 e. The molecule has 0 unspecified atom stereocenters. The molecule has 2 heterocycles. The van der Waals surface area contributed by atoms with Gasteiger partial charge in [0.25, 0.3) is 0 Å². The summed E-state index contributed by atoms with van der Waals surface area (Å²) in [4.78, 5) is 55.1. The third-order valence-corrected chi connectivity index (χ3v) is 7.87. The molecule has 0 atom stereocenters. The molecule has 3 rings (SSSR count). The largest absolute Gasteiger partial charge is 0.459 e. The normalized spacial score (nSPS) is 22.5. The maximum atomic E-state index is 13.3. The average molecular weight is 529 g/mol. The van der Waals surface area contributed by atoms with E-state index in [9.17, 15) is 19.2 Å². The van der Waals surface area contributed by atoms with Gasteiger partial charge in [-0.1, -0.05) is 12.1 Å². The fourth-order valence-electron chi connectivity index (χ4n) is 7.52. The van der Waals surface area contributed by atoms with Gasteiger partial charge in [0.2, 0.25) is 11.8 Å². The highest BCUT2D eigenvalue weighted by atomic mass is 16.6. The number of amides is 2. The van der Waals surface area contributed by atoms with Crippen molar-refractivity contribution in [2.24, 2.45) is 0 Å². The van der Waals surface area contributed by atoms with Gasteiger partial charge in [0.05, 0.1) is 11.1 Å². The van der Waals surface area contributed by atoms with Crippen LogP contribution in [0.5, 0.6) is 0 Å². The van der Waals surface area contributed by atoms with Gasteiger partial charge in [-0.25, -0.2) is 9.59 Å². The second-order valence-electron chi connectivity index (χ2n) is 13.4. The van der Waals surface area contributed by atoms with Crippen LogP contribution in [0.3, 0.4) is 0 Å². The Bertz CT molecular complexity index is 996. The van der Waals surface area contributed by atoms with Crippen molar-refractivity contribution in [3.05, 3.63) is 35.4 Å². The lowest BCUT2D eigenvalue weighted by Gasteiger charge is -2.54. The summed E-state index contributed by atoms with van der Waals surface area (Å²) in [6.45, 7) is 18.9. The Labute approximate surface area is 227 Å². The first-order valence-corrected chi connectivity index (χ1v) is 13.4. The number of carbonyl (C=O) groups is 4. The molecule has 0 aromatic heterocycles. The lowest BCUT2D eigenvalue weighted by molar-refractivity contribution is -0.154. The zero-order valence-electron chi connectivity index (χ0n) is 24.6. The van der Waals surface area contributed by atoms with Crippen molar-refractivity contribution in [2.45, 2.75) is 129 Å². The number of esters is 2. The van der Waals surface area contributed by atoms with Gasteiger partial charge in [0, 0.05) is 61.7 Å². The molecule has 2 aliphatic heterocycles.